The van der Waals surface area contributed by atoms with Gasteiger partial charge in [-0.05, 0) is 55.7 Å². The Morgan fingerprint density at radius 2 is 1.67 bits per heavy atom. The van der Waals surface area contributed by atoms with Crippen molar-refractivity contribution in [2.45, 2.75) is 20.8 Å². The van der Waals surface area contributed by atoms with Crippen LogP contribution in [0.2, 0.25) is 0 Å². The van der Waals surface area contributed by atoms with Gasteiger partial charge in [0.2, 0.25) is 0 Å². The van der Waals surface area contributed by atoms with E-state index in [9.17, 15) is 9.59 Å². The van der Waals surface area contributed by atoms with Crippen molar-refractivity contribution in [1.29, 1.82) is 0 Å². The second kappa shape index (κ2) is 8.32. The van der Waals surface area contributed by atoms with Gasteiger partial charge in [0.15, 0.2) is 0 Å². The summed E-state index contributed by atoms with van der Waals surface area (Å²) in [7, 11) is 0. The predicted molar refractivity (Wildman–Crippen MR) is 115 cm³/mol. The summed E-state index contributed by atoms with van der Waals surface area (Å²) in [6.07, 6.45) is 0. The van der Waals surface area contributed by atoms with Crippen molar-refractivity contribution in [1.82, 2.24) is 4.90 Å². The quantitative estimate of drug-likeness (QED) is 0.713. The van der Waals surface area contributed by atoms with Gasteiger partial charge in [-0.25, -0.2) is 4.90 Å². The third kappa shape index (κ3) is 3.48. The highest BCUT2D eigenvalue weighted by Gasteiger charge is 2.43. The van der Waals surface area contributed by atoms with E-state index in [0.717, 1.165) is 16.9 Å². The highest BCUT2D eigenvalue weighted by atomic mass is 16.5. The molecule has 4 rings (SSSR count). The zero-order valence-corrected chi connectivity index (χ0v) is 17.6. The topological polar surface area (TPSA) is 59.1 Å². The van der Waals surface area contributed by atoms with Crippen molar-refractivity contribution in [3.05, 3.63) is 64.9 Å². The van der Waals surface area contributed by atoms with Crippen LogP contribution in [0.1, 0.15) is 23.6 Å². The van der Waals surface area contributed by atoms with Crippen LogP contribution in [0.3, 0.4) is 0 Å². The molecule has 156 valence electrons. The molecule has 0 atom stereocenters. The van der Waals surface area contributed by atoms with Crippen molar-refractivity contribution in [2.75, 3.05) is 37.8 Å². The SMILES string of the molecule is CCOc1ccc(C2=C(N3CCOCC3)C(=O)N(c3cccc(C)c3C)C2=O)cc1. The smallest absolute Gasteiger partial charge is 0.282 e. The number of amides is 2. The van der Waals surface area contributed by atoms with E-state index in [1.54, 1.807) is 0 Å². The van der Waals surface area contributed by atoms with Gasteiger partial charge in [0, 0.05) is 13.1 Å². The Kier molecular flexibility index (Phi) is 5.59. The number of imide groups is 1. The largest absolute Gasteiger partial charge is 0.494 e. The molecule has 1 saturated heterocycles. The average Bonchev–Trinajstić information content (AvgIpc) is 3.02. The predicted octanol–water partition coefficient (Wildman–Crippen LogP) is 3.32. The maximum atomic E-state index is 13.6. The summed E-state index contributed by atoms with van der Waals surface area (Å²) >= 11 is 0. The Hall–Kier alpha value is -3.12. The van der Waals surface area contributed by atoms with E-state index in [-0.39, 0.29) is 11.8 Å². The van der Waals surface area contributed by atoms with Gasteiger partial charge >= 0.3 is 0 Å². The number of rotatable bonds is 5. The minimum absolute atomic E-state index is 0.278. The van der Waals surface area contributed by atoms with E-state index in [1.165, 1.54) is 4.90 Å². The van der Waals surface area contributed by atoms with Crippen LogP contribution in [0.4, 0.5) is 5.69 Å². The van der Waals surface area contributed by atoms with Crippen LogP contribution in [-0.4, -0.2) is 49.6 Å². The lowest BCUT2D eigenvalue weighted by Gasteiger charge is -2.29. The van der Waals surface area contributed by atoms with E-state index in [0.29, 0.717) is 55.4 Å². The third-order valence-electron chi connectivity index (χ3n) is 5.66. The number of benzene rings is 2. The van der Waals surface area contributed by atoms with Crippen molar-refractivity contribution in [3.63, 3.8) is 0 Å². The molecule has 0 saturated carbocycles. The van der Waals surface area contributed by atoms with E-state index in [2.05, 4.69) is 0 Å². The number of carbonyl (C=O) groups is 2. The zero-order chi connectivity index (χ0) is 21.3. The maximum absolute atomic E-state index is 13.6. The zero-order valence-electron chi connectivity index (χ0n) is 17.6. The molecule has 6 nitrogen and oxygen atoms in total. The molecule has 1 fully saturated rings. The number of hydrogen-bond donors (Lipinski definition) is 0. The second-order valence-corrected chi connectivity index (χ2v) is 7.45. The number of hydrogen-bond acceptors (Lipinski definition) is 5. The molecule has 2 aromatic carbocycles. The lowest BCUT2D eigenvalue weighted by atomic mass is 10.0. The Balaban J connectivity index is 1.81. The average molecular weight is 406 g/mol. The van der Waals surface area contributed by atoms with E-state index >= 15 is 0 Å². The number of ether oxygens (including phenoxy) is 2. The van der Waals surface area contributed by atoms with Crippen LogP contribution in [0.15, 0.2) is 48.2 Å². The molecule has 2 aliphatic heterocycles. The van der Waals surface area contributed by atoms with Crippen LogP contribution >= 0.6 is 0 Å². The Morgan fingerprint density at radius 1 is 0.967 bits per heavy atom. The Morgan fingerprint density at radius 3 is 2.33 bits per heavy atom. The van der Waals surface area contributed by atoms with Gasteiger partial charge in [0.1, 0.15) is 11.4 Å². The van der Waals surface area contributed by atoms with Crippen molar-refractivity contribution in [2.24, 2.45) is 0 Å². The summed E-state index contributed by atoms with van der Waals surface area (Å²) in [6.45, 7) is 8.64. The van der Waals surface area contributed by atoms with E-state index in [4.69, 9.17) is 9.47 Å². The highest BCUT2D eigenvalue weighted by molar-refractivity contribution is 6.45. The number of aryl methyl sites for hydroxylation is 1. The Labute approximate surface area is 176 Å². The molecule has 6 heteroatoms. The first-order chi connectivity index (χ1) is 14.5. The minimum atomic E-state index is -0.292. The summed E-state index contributed by atoms with van der Waals surface area (Å²) in [5, 5.41) is 0. The van der Waals surface area contributed by atoms with Gasteiger partial charge in [-0.1, -0.05) is 24.3 Å². The molecule has 2 amide bonds. The lowest BCUT2D eigenvalue weighted by Crippen LogP contribution is -2.40. The van der Waals surface area contributed by atoms with Gasteiger partial charge in [-0.3, -0.25) is 9.59 Å². The van der Waals surface area contributed by atoms with Crippen molar-refractivity contribution in [3.8, 4) is 5.75 Å². The van der Waals surface area contributed by atoms with Crippen LogP contribution in [0, 0.1) is 13.8 Å². The van der Waals surface area contributed by atoms with Crippen LogP contribution in [-0.2, 0) is 14.3 Å². The number of nitrogens with zero attached hydrogens (tertiary/aromatic N) is 2. The summed E-state index contributed by atoms with van der Waals surface area (Å²) < 4.78 is 11.0. The molecule has 0 aromatic heterocycles. The third-order valence-corrected chi connectivity index (χ3v) is 5.66. The molecular weight excluding hydrogens is 380 g/mol. The van der Waals surface area contributed by atoms with E-state index < -0.39 is 0 Å². The molecular formula is C24H26N2O4. The lowest BCUT2D eigenvalue weighted by molar-refractivity contribution is -0.121. The van der Waals surface area contributed by atoms with Gasteiger partial charge < -0.3 is 14.4 Å². The molecule has 0 radical (unpaired) electrons. The molecule has 2 aliphatic rings. The van der Waals surface area contributed by atoms with Crippen molar-refractivity contribution >= 4 is 23.1 Å². The van der Waals surface area contributed by atoms with E-state index in [1.807, 2.05) is 68.1 Å². The summed E-state index contributed by atoms with van der Waals surface area (Å²) in [5.41, 5.74) is 4.20. The second-order valence-electron chi connectivity index (χ2n) is 7.45. The van der Waals surface area contributed by atoms with Gasteiger partial charge in [-0.15, -0.1) is 0 Å². The molecule has 0 unspecified atom stereocenters. The fourth-order valence-electron chi connectivity index (χ4n) is 3.94. The fourth-order valence-corrected chi connectivity index (χ4v) is 3.94. The summed E-state index contributed by atoms with van der Waals surface area (Å²) in [5.74, 6) is 0.164. The first-order valence-electron chi connectivity index (χ1n) is 10.3. The Bertz CT molecular complexity index is 1000. The highest BCUT2D eigenvalue weighted by Crippen LogP contribution is 2.37. The monoisotopic (exact) mass is 406 g/mol. The van der Waals surface area contributed by atoms with Crippen LogP contribution in [0.25, 0.3) is 5.57 Å². The fraction of sp³-hybridized carbons (Fsp3) is 0.333. The molecule has 30 heavy (non-hydrogen) atoms. The van der Waals surface area contributed by atoms with Gasteiger partial charge in [0.05, 0.1) is 31.1 Å². The van der Waals surface area contributed by atoms with Crippen LogP contribution in [0.5, 0.6) is 5.75 Å². The molecule has 0 aliphatic carbocycles. The molecule has 2 aromatic rings. The van der Waals surface area contributed by atoms with Gasteiger partial charge in [-0.2, -0.15) is 0 Å². The number of carbonyl (C=O) groups excluding carboxylic acids is 2. The molecule has 2 heterocycles. The maximum Gasteiger partial charge on any atom is 0.282 e. The minimum Gasteiger partial charge on any atom is -0.494 e. The number of anilines is 1. The molecule has 0 N–H and O–H groups in total. The first kappa shape index (κ1) is 20.2. The normalized spacial score (nSPS) is 17.2. The van der Waals surface area contributed by atoms with Crippen LogP contribution < -0.4 is 9.64 Å². The molecule has 0 spiro atoms. The summed E-state index contributed by atoms with van der Waals surface area (Å²) in [4.78, 5) is 30.5. The molecule has 0 bridgehead atoms. The standard InChI is InChI=1S/C24H26N2O4/c1-4-30-19-10-8-18(9-11-19)21-22(25-12-14-29-15-13-25)24(28)26(23(21)27)20-7-5-6-16(2)17(20)3/h5-11H,4,12-15H2,1-3H3. The number of morpholine rings is 1. The first-order valence-corrected chi connectivity index (χ1v) is 10.3. The van der Waals surface area contributed by atoms with Crippen molar-refractivity contribution < 1.29 is 19.1 Å². The summed E-state index contributed by atoms with van der Waals surface area (Å²) in [6, 6.07) is 13.0. The van der Waals surface area contributed by atoms with Gasteiger partial charge in [0.25, 0.3) is 11.8 Å².